The molecule has 0 atom stereocenters. The lowest BCUT2D eigenvalue weighted by Crippen LogP contribution is -2.59. The van der Waals surface area contributed by atoms with Gasteiger partial charge in [0, 0.05) is 18.7 Å². The van der Waals surface area contributed by atoms with Gasteiger partial charge in [0.25, 0.3) is 0 Å². The normalized spacial score (nSPS) is 17.9. The molecule has 2 amide bonds. The highest BCUT2D eigenvalue weighted by atomic mass is 16.5. The number of fused-ring (bicyclic) bond motifs is 1. The van der Waals surface area contributed by atoms with Crippen LogP contribution in [0.25, 0.3) is 10.8 Å². The van der Waals surface area contributed by atoms with Gasteiger partial charge in [-0.2, -0.15) is 0 Å². The zero-order valence-electron chi connectivity index (χ0n) is 16.2. The van der Waals surface area contributed by atoms with Crippen LogP contribution in [0.2, 0.25) is 0 Å². The Kier molecular flexibility index (Phi) is 5.21. The molecular weight excluding hydrogens is 340 g/mol. The van der Waals surface area contributed by atoms with Gasteiger partial charge in [-0.05, 0) is 29.7 Å². The third kappa shape index (κ3) is 3.48. The minimum absolute atomic E-state index is 0.130. The summed E-state index contributed by atoms with van der Waals surface area (Å²) in [5.74, 6) is 0.850. The third-order valence-corrected chi connectivity index (χ3v) is 6.01. The Labute approximate surface area is 160 Å². The molecule has 2 aliphatic rings. The Hall–Kier alpha value is -2.27. The third-order valence-electron chi connectivity index (χ3n) is 6.01. The van der Waals surface area contributed by atoms with Crippen LogP contribution in [-0.4, -0.2) is 55.3 Å². The topological polar surface area (TPSA) is 42.0 Å². The summed E-state index contributed by atoms with van der Waals surface area (Å²) in [4.78, 5) is 17.2. The van der Waals surface area contributed by atoms with Gasteiger partial charge in [0.15, 0.2) is 0 Å². The predicted octanol–water partition coefficient (Wildman–Crippen LogP) is 4.04. The summed E-state index contributed by atoms with van der Waals surface area (Å²) >= 11 is 0. The molecule has 2 aromatic rings. The summed E-state index contributed by atoms with van der Waals surface area (Å²) in [5.41, 5.74) is 1.10. The fourth-order valence-corrected chi connectivity index (χ4v) is 4.33. The smallest absolute Gasteiger partial charge is 0.320 e. The first-order valence-electron chi connectivity index (χ1n) is 9.84. The molecule has 0 spiro atoms. The van der Waals surface area contributed by atoms with Crippen molar-refractivity contribution in [3.8, 4) is 5.75 Å². The predicted molar refractivity (Wildman–Crippen MR) is 106 cm³/mol. The van der Waals surface area contributed by atoms with Crippen LogP contribution in [0.1, 0.15) is 31.2 Å². The number of likely N-dealkylation sites (tertiary alicyclic amines) is 1. The zero-order valence-corrected chi connectivity index (χ0v) is 16.2. The molecule has 2 fully saturated rings. The SMILES string of the molecule is COc1ccc2ccccc2c1CN(C(=O)N1CC(OC)C1)C1CCCC1. The molecule has 0 N–H and O–H groups in total. The van der Waals surface area contributed by atoms with Crippen LogP contribution >= 0.6 is 0 Å². The molecule has 2 aromatic carbocycles. The quantitative estimate of drug-likeness (QED) is 0.800. The van der Waals surface area contributed by atoms with Gasteiger partial charge in [0.05, 0.1) is 32.8 Å². The van der Waals surface area contributed by atoms with Crippen molar-refractivity contribution in [2.75, 3.05) is 27.3 Å². The van der Waals surface area contributed by atoms with Crippen LogP contribution in [0.4, 0.5) is 4.79 Å². The Morgan fingerprint density at radius 2 is 1.85 bits per heavy atom. The summed E-state index contributed by atoms with van der Waals surface area (Å²) in [6, 6.07) is 12.9. The van der Waals surface area contributed by atoms with Gasteiger partial charge in [-0.1, -0.05) is 43.2 Å². The fourth-order valence-electron chi connectivity index (χ4n) is 4.33. The van der Waals surface area contributed by atoms with Crippen molar-refractivity contribution in [3.63, 3.8) is 0 Å². The van der Waals surface area contributed by atoms with Crippen LogP contribution in [0, 0.1) is 0 Å². The van der Waals surface area contributed by atoms with E-state index in [1.807, 2.05) is 23.1 Å². The minimum Gasteiger partial charge on any atom is -0.496 e. The summed E-state index contributed by atoms with van der Waals surface area (Å²) in [7, 11) is 3.41. The summed E-state index contributed by atoms with van der Waals surface area (Å²) in [6.07, 6.45) is 4.73. The summed E-state index contributed by atoms with van der Waals surface area (Å²) in [6.45, 7) is 1.96. The van der Waals surface area contributed by atoms with Crippen molar-refractivity contribution >= 4 is 16.8 Å². The molecule has 1 aliphatic heterocycles. The number of benzene rings is 2. The van der Waals surface area contributed by atoms with Crippen LogP contribution in [0.5, 0.6) is 5.75 Å². The van der Waals surface area contributed by atoms with Crippen molar-refractivity contribution in [1.29, 1.82) is 0 Å². The first kappa shape index (κ1) is 18.1. The molecule has 5 heteroatoms. The van der Waals surface area contributed by atoms with E-state index < -0.39 is 0 Å². The lowest BCUT2D eigenvalue weighted by atomic mass is 10.0. The second kappa shape index (κ2) is 7.77. The number of hydrogen-bond donors (Lipinski definition) is 0. The van der Waals surface area contributed by atoms with Gasteiger partial charge in [-0.15, -0.1) is 0 Å². The average molecular weight is 368 g/mol. The lowest BCUT2D eigenvalue weighted by Gasteiger charge is -2.42. The lowest BCUT2D eigenvalue weighted by molar-refractivity contribution is -0.0187. The first-order valence-corrected chi connectivity index (χ1v) is 9.84. The van der Waals surface area contributed by atoms with Crippen molar-refractivity contribution in [3.05, 3.63) is 42.0 Å². The average Bonchev–Trinajstić information content (AvgIpc) is 3.19. The van der Waals surface area contributed by atoms with Crippen molar-refractivity contribution in [1.82, 2.24) is 9.80 Å². The fraction of sp³-hybridized carbons (Fsp3) is 0.500. The van der Waals surface area contributed by atoms with Gasteiger partial charge in [-0.3, -0.25) is 0 Å². The number of carbonyl (C=O) groups is 1. The molecule has 0 unspecified atom stereocenters. The maximum absolute atomic E-state index is 13.3. The van der Waals surface area contributed by atoms with Crippen LogP contribution in [0.3, 0.4) is 0 Å². The van der Waals surface area contributed by atoms with E-state index in [0.717, 1.165) is 29.5 Å². The molecule has 1 saturated heterocycles. The van der Waals surface area contributed by atoms with E-state index in [-0.39, 0.29) is 12.1 Å². The van der Waals surface area contributed by atoms with Gasteiger partial charge < -0.3 is 19.3 Å². The van der Waals surface area contributed by atoms with E-state index in [9.17, 15) is 4.79 Å². The Balaban J connectivity index is 1.65. The largest absolute Gasteiger partial charge is 0.496 e. The monoisotopic (exact) mass is 368 g/mol. The number of amides is 2. The standard InChI is InChI=1S/C22H28N2O3/c1-26-18-13-23(14-18)22(25)24(17-8-4-5-9-17)15-20-19-10-6-3-7-16(19)11-12-21(20)27-2/h3,6-7,10-12,17-18H,4-5,8-9,13-15H2,1-2H3. The van der Waals surface area contributed by atoms with Crippen LogP contribution in [0.15, 0.2) is 36.4 Å². The van der Waals surface area contributed by atoms with E-state index >= 15 is 0 Å². The molecule has 0 radical (unpaired) electrons. The van der Waals surface area contributed by atoms with Crippen molar-refractivity contribution in [2.45, 2.75) is 44.4 Å². The number of hydrogen-bond acceptors (Lipinski definition) is 3. The van der Waals surface area contributed by atoms with Gasteiger partial charge >= 0.3 is 6.03 Å². The Bertz CT molecular complexity index is 810. The summed E-state index contributed by atoms with van der Waals surface area (Å²) < 4.78 is 11.0. The highest BCUT2D eigenvalue weighted by molar-refractivity contribution is 5.88. The van der Waals surface area contributed by atoms with E-state index in [1.165, 1.54) is 18.2 Å². The minimum atomic E-state index is 0.130. The van der Waals surface area contributed by atoms with Crippen molar-refractivity contribution in [2.24, 2.45) is 0 Å². The molecule has 27 heavy (non-hydrogen) atoms. The number of carbonyl (C=O) groups excluding carboxylic acids is 1. The number of nitrogens with zero attached hydrogens (tertiary/aromatic N) is 2. The van der Waals surface area contributed by atoms with Crippen LogP contribution < -0.4 is 4.74 Å². The van der Waals surface area contributed by atoms with Gasteiger partial charge in [-0.25, -0.2) is 4.79 Å². The number of urea groups is 1. The van der Waals surface area contributed by atoms with E-state index in [4.69, 9.17) is 9.47 Å². The maximum Gasteiger partial charge on any atom is 0.320 e. The molecular formula is C22H28N2O3. The van der Waals surface area contributed by atoms with E-state index in [1.54, 1.807) is 14.2 Å². The Morgan fingerprint density at radius 1 is 1.11 bits per heavy atom. The first-order chi connectivity index (χ1) is 13.2. The van der Waals surface area contributed by atoms with Crippen LogP contribution in [-0.2, 0) is 11.3 Å². The molecule has 0 aromatic heterocycles. The zero-order chi connectivity index (χ0) is 18.8. The second-order valence-corrected chi connectivity index (χ2v) is 7.58. The number of rotatable bonds is 5. The molecule has 5 nitrogen and oxygen atoms in total. The highest BCUT2D eigenvalue weighted by Crippen LogP contribution is 2.33. The molecule has 1 saturated carbocycles. The van der Waals surface area contributed by atoms with Gasteiger partial charge in [0.2, 0.25) is 0 Å². The van der Waals surface area contributed by atoms with Crippen molar-refractivity contribution < 1.29 is 14.3 Å². The van der Waals surface area contributed by atoms with E-state index in [0.29, 0.717) is 25.7 Å². The molecule has 0 bridgehead atoms. The maximum atomic E-state index is 13.3. The Morgan fingerprint density at radius 3 is 2.56 bits per heavy atom. The molecule has 1 aliphatic carbocycles. The second-order valence-electron chi connectivity index (χ2n) is 7.58. The number of ether oxygens (including phenoxy) is 2. The molecule has 4 rings (SSSR count). The summed E-state index contributed by atoms with van der Waals surface area (Å²) in [5, 5.41) is 2.33. The molecule has 144 valence electrons. The van der Waals surface area contributed by atoms with Gasteiger partial charge in [0.1, 0.15) is 5.75 Å². The highest BCUT2D eigenvalue weighted by Gasteiger charge is 2.37. The van der Waals surface area contributed by atoms with E-state index in [2.05, 4.69) is 23.1 Å². The molecule has 1 heterocycles. The number of methoxy groups -OCH3 is 2.